The van der Waals surface area contributed by atoms with Crippen LogP contribution >= 0.6 is 11.6 Å². The van der Waals surface area contributed by atoms with E-state index in [2.05, 4.69) is 53.7 Å². The Kier molecular flexibility index (Phi) is 9.00. The Bertz CT molecular complexity index is 661. The van der Waals surface area contributed by atoms with Crippen LogP contribution in [0.15, 0.2) is 66.2 Å². The Morgan fingerprint density at radius 3 is 2.12 bits per heavy atom. The van der Waals surface area contributed by atoms with E-state index in [9.17, 15) is 0 Å². The third-order valence-corrected chi connectivity index (χ3v) is 4.44. The summed E-state index contributed by atoms with van der Waals surface area (Å²) < 4.78 is 0. The van der Waals surface area contributed by atoms with E-state index in [-0.39, 0.29) is 0 Å². The number of rotatable bonds is 10. The molecule has 4 nitrogen and oxygen atoms in total. The van der Waals surface area contributed by atoms with Gasteiger partial charge in [0.25, 0.3) is 0 Å². The number of nitrogens with one attached hydrogen (secondary N) is 1. The van der Waals surface area contributed by atoms with Crippen LogP contribution in [0.2, 0.25) is 5.02 Å². The number of hydrogen-bond donors (Lipinski definition) is 1. The Hall–Kier alpha value is -2.20. The molecule has 1 aromatic rings. The zero-order valence-electron chi connectivity index (χ0n) is 16.5. The SMILES string of the molecule is C=C(NC)N(CCC)C(=C)C(=C)N(Cc1ccc(Cl)cc1)/C(CC)=N\C. The maximum atomic E-state index is 6.01. The summed E-state index contributed by atoms with van der Waals surface area (Å²) in [5.74, 6) is 1.76. The van der Waals surface area contributed by atoms with E-state index in [1.165, 1.54) is 0 Å². The molecule has 0 saturated heterocycles. The van der Waals surface area contributed by atoms with Crippen molar-refractivity contribution >= 4 is 17.4 Å². The summed E-state index contributed by atoms with van der Waals surface area (Å²) in [7, 11) is 3.66. The van der Waals surface area contributed by atoms with E-state index >= 15 is 0 Å². The van der Waals surface area contributed by atoms with Crippen LogP contribution in [0, 0.1) is 0 Å². The molecule has 0 amide bonds. The molecule has 0 spiro atoms. The van der Waals surface area contributed by atoms with Crippen molar-refractivity contribution in [1.29, 1.82) is 0 Å². The monoisotopic (exact) mass is 374 g/mol. The third-order valence-electron chi connectivity index (χ3n) is 4.19. The van der Waals surface area contributed by atoms with E-state index in [1.54, 1.807) is 7.05 Å². The molecule has 0 radical (unpaired) electrons. The van der Waals surface area contributed by atoms with Gasteiger partial charge in [0.2, 0.25) is 0 Å². The van der Waals surface area contributed by atoms with Crippen LogP contribution in [-0.2, 0) is 6.54 Å². The highest BCUT2D eigenvalue weighted by atomic mass is 35.5. The fourth-order valence-electron chi connectivity index (χ4n) is 2.69. The lowest BCUT2D eigenvalue weighted by molar-refractivity contribution is 0.380. The van der Waals surface area contributed by atoms with E-state index < -0.39 is 0 Å². The van der Waals surface area contributed by atoms with Crippen LogP contribution in [0.1, 0.15) is 32.3 Å². The number of aliphatic imine (C=N–C) groups is 1. The first kappa shape index (κ1) is 21.8. The largest absolute Gasteiger partial charge is 0.375 e. The highest BCUT2D eigenvalue weighted by molar-refractivity contribution is 6.30. The van der Waals surface area contributed by atoms with Crippen LogP contribution < -0.4 is 5.32 Å². The molecule has 0 aliphatic rings. The lowest BCUT2D eigenvalue weighted by Crippen LogP contribution is -2.36. The summed E-state index contributed by atoms with van der Waals surface area (Å²) in [6.45, 7) is 18.4. The minimum absolute atomic E-state index is 0.654. The quantitative estimate of drug-likeness (QED) is 0.355. The molecule has 0 fully saturated rings. The third kappa shape index (κ3) is 5.67. The predicted octanol–water partition coefficient (Wildman–Crippen LogP) is 5.01. The van der Waals surface area contributed by atoms with Crippen molar-refractivity contribution in [2.75, 3.05) is 20.6 Å². The van der Waals surface area contributed by atoms with Gasteiger partial charge in [-0.2, -0.15) is 0 Å². The van der Waals surface area contributed by atoms with Crippen molar-refractivity contribution in [3.63, 3.8) is 0 Å². The Balaban J connectivity index is 3.15. The molecule has 26 heavy (non-hydrogen) atoms. The smallest absolute Gasteiger partial charge is 0.103 e. The maximum absolute atomic E-state index is 6.01. The lowest BCUT2D eigenvalue weighted by Gasteiger charge is -2.35. The molecular weight excluding hydrogens is 344 g/mol. The molecule has 1 aromatic carbocycles. The van der Waals surface area contributed by atoms with E-state index in [0.29, 0.717) is 6.54 Å². The fraction of sp³-hybridized carbons (Fsp3) is 0.381. The molecular formula is C21H31ClN4. The molecule has 1 rings (SSSR count). The first-order valence-electron chi connectivity index (χ1n) is 8.89. The molecule has 1 N–H and O–H groups in total. The topological polar surface area (TPSA) is 30.9 Å². The molecule has 0 bridgehead atoms. The van der Waals surface area contributed by atoms with Gasteiger partial charge < -0.3 is 15.1 Å². The lowest BCUT2D eigenvalue weighted by atomic mass is 10.1. The first-order valence-corrected chi connectivity index (χ1v) is 9.27. The van der Waals surface area contributed by atoms with Crippen LogP contribution in [0.25, 0.3) is 0 Å². The van der Waals surface area contributed by atoms with Crippen molar-refractivity contribution in [2.24, 2.45) is 4.99 Å². The molecule has 0 saturated carbocycles. The Morgan fingerprint density at radius 1 is 1.08 bits per heavy atom. The minimum Gasteiger partial charge on any atom is -0.375 e. The van der Waals surface area contributed by atoms with E-state index in [4.69, 9.17) is 11.6 Å². The summed E-state index contributed by atoms with van der Waals surface area (Å²) in [5, 5.41) is 3.83. The molecule has 0 aliphatic carbocycles. The molecule has 0 aliphatic heterocycles. The van der Waals surface area contributed by atoms with Gasteiger partial charge in [0, 0.05) is 38.6 Å². The summed E-state index contributed by atoms with van der Waals surface area (Å²) in [4.78, 5) is 8.62. The van der Waals surface area contributed by atoms with E-state index in [1.807, 2.05) is 31.3 Å². The van der Waals surface area contributed by atoms with Gasteiger partial charge in [0.1, 0.15) is 5.84 Å². The second-order valence-corrected chi connectivity index (χ2v) is 6.38. The van der Waals surface area contributed by atoms with Crippen molar-refractivity contribution in [3.05, 3.63) is 71.8 Å². The van der Waals surface area contributed by atoms with Crippen molar-refractivity contribution < 1.29 is 0 Å². The number of nitrogens with zero attached hydrogens (tertiary/aromatic N) is 3. The predicted molar refractivity (Wildman–Crippen MR) is 114 cm³/mol. The normalized spacial score (nSPS) is 11.0. The Morgan fingerprint density at radius 2 is 1.65 bits per heavy atom. The van der Waals surface area contributed by atoms with Crippen LogP contribution in [0.4, 0.5) is 0 Å². The summed E-state index contributed by atoms with van der Waals surface area (Å²) in [5.41, 5.74) is 2.76. The number of amidine groups is 1. The van der Waals surface area contributed by atoms with Gasteiger partial charge in [-0.05, 0) is 24.1 Å². The second-order valence-electron chi connectivity index (χ2n) is 5.95. The van der Waals surface area contributed by atoms with Gasteiger partial charge in [-0.1, -0.05) is 57.3 Å². The van der Waals surface area contributed by atoms with Crippen LogP contribution in [0.3, 0.4) is 0 Å². The average molecular weight is 375 g/mol. The van der Waals surface area contributed by atoms with Gasteiger partial charge in [-0.15, -0.1) is 0 Å². The van der Waals surface area contributed by atoms with Crippen LogP contribution in [-0.4, -0.2) is 36.3 Å². The highest BCUT2D eigenvalue weighted by Crippen LogP contribution is 2.23. The molecule has 5 heteroatoms. The highest BCUT2D eigenvalue weighted by Gasteiger charge is 2.20. The fourth-order valence-corrected chi connectivity index (χ4v) is 2.81. The minimum atomic E-state index is 0.654. The van der Waals surface area contributed by atoms with Crippen LogP contribution in [0.5, 0.6) is 0 Å². The van der Waals surface area contributed by atoms with Gasteiger partial charge in [0.05, 0.1) is 17.2 Å². The maximum Gasteiger partial charge on any atom is 0.103 e. The van der Waals surface area contributed by atoms with Crippen molar-refractivity contribution in [1.82, 2.24) is 15.1 Å². The van der Waals surface area contributed by atoms with E-state index in [0.717, 1.165) is 53.0 Å². The molecule has 0 heterocycles. The zero-order chi connectivity index (χ0) is 19.7. The molecule has 0 atom stereocenters. The van der Waals surface area contributed by atoms with Gasteiger partial charge in [-0.25, -0.2) is 0 Å². The summed E-state index contributed by atoms with van der Waals surface area (Å²) >= 11 is 6.01. The standard InChI is InChI=1S/C21H31ClN4/c1-8-14-25(18(5)23-6)16(3)17(4)26(21(9-2)24-7)15-19-10-12-20(22)13-11-19/h10-13,23H,3-5,8-9,14-15H2,1-2,6-7H3/b24-21-. The number of benzene rings is 1. The molecule has 0 aromatic heterocycles. The average Bonchev–Trinajstić information content (AvgIpc) is 2.66. The van der Waals surface area contributed by atoms with Gasteiger partial charge in [-0.3, -0.25) is 4.99 Å². The summed E-state index contributed by atoms with van der Waals surface area (Å²) in [6, 6.07) is 7.83. The first-order chi connectivity index (χ1) is 12.4. The molecule has 0 unspecified atom stereocenters. The Labute approximate surface area is 163 Å². The molecule has 142 valence electrons. The number of hydrogen-bond acceptors (Lipinski definition) is 3. The second kappa shape index (κ2) is 10.7. The van der Waals surface area contributed by atoms with Gasteiger partial charge in [0.15, 0.2) is 0 Å². The zero-order valence-corrected chi connectivity index (χ0v) is 17.2. The van der Waals surface area contributed by atoms with Crippen molar-refractivity contribution in [2.45, 2.75) is 33.2 Å². The van der Waals surface area contributed by atoms with Crippen molar-refractivity contribution in [3.8, 4) is 0 Å². The van der Waals surface area contributed by atoms with Gasteiger partial charge >= 0.3 is 0 Å². The summed E-state index contributed by atoms with van der Waals surface area (Å²) in [6.07, 6.45) is 1.78. The number of halogens is 1.